The summed E-state index contributed by atoms with van der Waals surface area (Å²) in [5, 5.41) is 0.537. The van der Waals surface area contributed by atoms with Gasteiger partial charge in [-0.05, 0) is 25.1 Å². The zero-order valence-electron chi connectivity index (χ0n) is 10.6. The summed E-state index contributed by atoms with van der Waals surface area (Å²) in [4.78, 5) is 37.9. The molecule has 0 bridgehead atoms. The zero-order valence-corrected chi connectivity index (χ0v) is 12.2. The molecule has 2 aromatic heterocycles. The van der Waals surface area contributed by atoms with Crippen molar-refractivity contribution in [2.45, 2.75) is 18.0 Å². The van der Waals surface area contributed by atoms with Gasteiger partial charge in [-0.25, -0.2) is 4.98 Å². The number of likely N-dealkylation sites (tertiary alicyclic amines) is 1. The molecule has 20 heavy (non-hydrogen) atoms. The molecule has 7 nitrogen and oxygen atoms in total. The van der Waals surface area contributed by atoms with Gasteiger partial charge in [0.1, 0.15) is 5.52 Å². The number of imidazole rings is 1. The molecule has 1 fully saturated rings. The second-order valence-corrected chi connectivity index (χ2v) is 5.92. The Kier molecular flexibility index (Phi) is 3.62. The van der Waals surface area contributed by atoms with Gasteiger partial charge in [-0.1, -0.05) is 11.8 Å². The summed E-state index contributed by atoms with van der Waals surface area (Å²) >= 11 is 6.17. The van der Waals surface area contributed by atoms with E-state index in [2.05, 4.69) is 19.9 Å². The Labute approximate surface area is 123 Å². The van der Waals surface area contributed by atoms with Crippen LogP contribution in [0, 0.1) is 4.77 Å². The molecular weight excluding hydrogens is 298 g/mol. The second-order valence-electron chi connectivity index (χ2n) is 4.55. The van der Waals surface area contributed by atoms with E-state index in [0.717, 1.165) is 25.9 Å². The summed E-state index contributed by atoms with van der Waals surface area (Å²) in [6, 6.07) is 0. The van der Waals surface area contributed by atoms with Crippen molar-refractivity contribution in [2.75, 3.05) is 18.8 Å². The number of aromatic nitrogens is 4. The molecule has 0 radical (unpaired) electrons. The molecule has 0 saturated carbocycles. The number of nitrogens with one attached hydrogen (secondary N) is 3. The van der Waals surface area contributed by atoms with Gasteiger partial charge < -0.3 is 14.9 Å². The lowest BCUT2D eigenvalue weighted by molar-refractivity contribution is -0.127. The van der Waals surface area contributed by atoms with Crippen LogP contribution in [0.3, 0.4) is 0 Å². The number of hydrogen-bond donors (Lipinski definition) is 3. The number of aromatic amines is 3. The van der Waals surface area contributed by atoms with E-state index in [-0.39, 0.29) is 16.2 Å². The van der Waals surface area contributed by atoms with Crippen molar-refractivity contribution in [2.24, 2.45) is 0 Å². The second kappa shape index (κ2) is 5.41. The molecule has 2 aromatic rings. The summed E-state index contributed by atoms with van der Waals surface area (Å²) in [7, 11) is 0. The van der Waals surface area contributed by atoms with Crippen LogP contribution >= 0.6 is 24.0 Å². The zero-order chi connectivity index (χ0) is 14.1. The first kappa shape index (κ1) is 13.4. The molecule has 106 valence electrons. The van der Waals surface area contributed by atoms with E-state index in [4.69, 9.17) is 12.2 Å². The highest BCUT2D eigenvalue weighted by Gasteiger charge is 2.18. The van der Waals surface area contributed by atoms with Crippen LogP contribution in [0.4, 0.5) is 0 Å². The van der Waals surface area contributed by atoms with Crippen LogP contribution in [0.15, 0.2) is 9.95 Å². The predicted octanol–water partition coefficient (Wildman–Crippen LogP) is 1.02. The summed E-state index contributed by atoms with van der Waals surface area (Å²) in [5.74, 6) is 0.424. The van der Waals surface area contributed by atoms with Crippen molar-refractivity contribution in [1.82, 2.24) is 24.8 Å². The Morgan fingerprint density at radius 2 is 2.05 bits per heavy atom. The highest BCUT2D eigenvalue weighted by Crippen LogP contribution is 2.18. The quantitative estimate of drug-likeness (QED) is 0.581. The number of rotatable bonds is 3. The van der Waals surface area contributed by atoms with E-state index in [1.165, 1.54) is 11.8 Å². The molecule has 1 amide bonds. The van der Waals surface area contributed by atoms with Crippen LogP contribution < -0.4 is 5.56 Å². The van der Waals surface area contributed by atoms with Crippen LogP contribution in [-0.4, -0.2) is 49.6 Å². The van der Waals surface area contributed by atoms with Gasteiger partial charge in [0.15, 0.2) is 15.6 Å². The van der Waals surface area contributed by atoms with Gasteiger partial charge in [-0.15, -0.1) is 0 Å². The lowest BCUT2D eigenvalue weighted by Crippen LogP contribution is -2.29. The van der Waals surface area contributed by atoms with Gasteiger partial charge >= 0.3 is 0 Å². The Hall–Kier alpha value is -1.61. The number of H-pyrrole nitrogens is 3. The van der Waals surface area contributed by atoms with Crippen LogP contribution in [0.25, 0.3) is 11.2 Å². The smallest absolute Gasteiger partial charge is 0.277 e. The molecule has 0 aliphatic carbocycles. The topological polar surface area (TPSA) is 97.6 Å². The first-order valence-corrected chi connectivity index (χ1v) is 7.66. The van der Waals surface area contributed by atoms with Gasteiger partial charge in [-0.3, -0.25) is 14.6 Å². The van der Waals surface area contributed by atoms with Crippen molar-refractivity contribution < 1.29 is 4.79 Å². The fourth-order valence-electron chi connectivity index (χ4n) is 2.17. The SMILES string of the molecule is O=C(CSc1nc2[nH]c(=S)[nH]c(=O)c2[nH]1)N1CCCC1. The van der Waals surface area contributed by atoms with Crippen LogP contribution in [-0.2, 0) is 4.79 Å². The summed E-state index contributed by atoms with van der Waals surface area (Å²) in [6.07, 6.45) is 2.15. The number of thioether (sulfide) groups is 1. The van der Waals surface area contributed by atoms with Crippen LogP contribution in [0.5, 0.6) is 0 Å². The lowest BCUT2D eigenvalue weighted by Gasteiger charge is -2.13. The molecule has 3 heterocycles. The molecule has 1 aliphatic heterocycles. The average Bonchev–Trinajstić information content (AvgIpc) is 3.04. The third-order valence-electron chi connectivity index (χ3n) is 3.16. The number of amides is 1. The first-order chi connectivity index (χ1) is 9.63. The Morgan fingerprint density at radius 1 is 1.30 bits per heavy atom. The third-order valence-corrected chi connectivity index (χ3v) is 4.22. The van der Waals surface area contributed by atoms with Crippen LogP contribution in [0.2, 0.25) is 0 Å². The number of carbonyl (C=O) groups is 1. The van der Waals surface area contributed by atoms with E-state index >= 15 is 0 Å². The van der Waals surface area contributed by atoms with Gasteiger partial charge in [0.2, 0.25) is 5.91 Å². The van der Waals surface area contributed by atoms with Crippen molar-refractivity contribution in [1.29, 1.82) is 0 Å². The lowest BCUT2D eigenvalue weighted by atomic mass is 10.4. The minimum atomic E-state index is -0.311. The van der Waals surface area contributed by atoms with E-state index in [1.54, 1.807) is 0 Å². The molecule has 0 spiro atoms. The van der Waals surface area contributed by atoms with E-state index in [0.29, 0.717) is 22.1 Å². The minimum Gasteiger partial charge on any atom is -0.342 e. The normalized spacial score (nSPS) is 15.1. The molecule has 9 heteroatoms. The average molecular weight is 311 g/mol. The van der Waals surface area contributed by atoms with Gasteiger partial charge in [0.05, 0.1) is 5.75 Å². The van der Waals surface area contributed by atoms with Crippen molar-refractivity contribution in [3.05, 3.63) is 15.1 Å². The first-order valence-electron chi connectivity index (χ1n) is 6.26. The molecule has 0 aromatic carbocycles. The minimum absolute atomic E-state index is 0.106. The Morgan fingerprint density at radius 3 is 2.80 bits per heavy atom. The molecule has 1 aliphatic rings. The monoisotopic (exact) mass is 311 g/mol. The molecule has 3 rings (SSSR count). The van der Waals surface area contributed by atoms with Gasteiger partial charge in [0.25, 0.3) is 5.56 Å². The van der Waals surface area contributed by atoms with Crippen molar-refractivity contribution in [3.8, 4) is 0 Å². The fourth-order valence-corrected chi connectivity index (χ4v) is 3.13. The Bertz CT molecular complexity index is 756. The summed E-state index contributed by atoms with van der Waals surface area (Å²) in [5.41, 5.74) is 0.443. The predicted molar refractivity (Wildman–Crippen MR) is 78.4 cm³/mol. The highest BCUT2D eigenvalue weighted by molar-refractivity contribution is 7.99. The third kappa shape index (κ3) is 2.63. The number of nitrogens with zero attached hydrogens (tertiary/aromatic N) is 2. The van der Waals surface area contributed by atoms with Gasteiger partial charge in [-0.2, -0.15) is 0 Å². The van der Waals surface area contributed by atoms with Crippen molar-refractivity contribution >= 4 is 41.1 Å². The maximum Gasteiger partial charge on any atom is 0.277 e. The molecular formula is C11H13N5O2S2. The number of hydrogen-bond acceptors (Lipinski definition) is 5. The molecule has 0 unspecified atom stereocenters. The largest absolute Gasteiger partial charge is 0.342 e. The highest BCUT2D eigenvalue weighted by atomic mass is 32.2. The maximum atomic E-state index is 11.9. The molecule has 3 N–H and O–H groups in total. The Balaban J connectivity index is 1.74. The summed E-state index contributed by atoms with van der Waals surface area (Å²) in [6.45, 7) is 1.68. The van der Waals surface area contributed by atoms with E-state index in [1.807, 2.05) is 4.90 Å². The number of carbonyl (C=O) groups excluding carboxylic acids is 1. The fraction of sp³-hybridized carbons (Fsp3) is 0.455. The van der Waals surface area contributed by atoms with Gasteiger partial charge in [0, 0.05) is 13.1 Å². The molecule has 0 atom stereocenters. The van der Waals surface area contributed by atoms with E-state index < -0.39 is 0 Å². The van der Waals surface area contributed by atoms with Crippen molar-refractivity contribution in [3.63, 3.8) is 0 Å². The van der Waals surface area contributed by atoms with Crippen LogP contribution in [0.1, 0.15) is 12.8 Å². The maximum absolute atomic E-state index is 11.9. The number of fused-ring (bicyclic) bond motifs is 1. The van der Waals surface area contributed by atoms with E-state index in [9.17, 15) is 9.59 Å². The summed E-state index contributed by atoms with van der Waals surface area (Å²) < 4.78 is 0.235. The standard InChI is InChI=1S/C11H13N5O2S2/c17-6(16-3-1-2-4-16)5-20-11-12-7-8(14-11)13-10(19)15-9(7)18/h1-5H2,(H3,12,13,14,15,18,19). The molecule has 1 saturated heterocycles.